The molecular formula is C17H33NO3. The molecule has 1 rings (SSSR count). The summed E-state index contributed by atoms with van der Waals surface area (Å²) < 4.78 is 10.6. The molecule has 4 heteroatoms. The number of nitrogens with one attached hydrogen (secondary N) is 1. The van der Waals surface area contributed by atoms with E-state index < -0.39 is 5.54 Å². The van der Waals surface area contributed by atoms with Gasteiger partial charge in [-0.15, -0.1) is 0 Å². The first-order chi connectivity index (χ1) is 10.1. The van der Waals surface area contributed by atoms with E-state index in [0.717, 1.165) is 38.9 Å². The topological polar surface area (TPSA) is 47.6 Å². The second-order valence-electron chi connectivity index (χ2n) is 6.37. The average molecular weight is 299 g/mol. The molecular weight excluding hydrogens is 266 g/mol. The summed E-state index contributed by atoms with van der Waals surface area (Å²) in [5.74, 6) is -0.144. The van der Waals surface area contributed by atoms with Crippen LogP contribution in [0, 0.1) is 0 Å². The highest BCUT2D eigenvalue weighted by molar-refractivity contribution is 5.80. The molecule has 1 unspecified atom stereocenters. The molecule has 0 spiro atoms. The van der Waals surface area contributed by atoms with Gasteiger partial charge in [0.1, 0.15) is 5.54 Å². The Kier molecular flexibility index (Phi) is 8.93. The summed E-state index contributed by atoms with van der Waals surface area (Å²) in [6, 6.07) is 0.504. The lowest BCUT2D eigenvalue weighted by atomic mass is 9.94. The van der Waals surface area contributed by atoms with Crippen molar-refractivity contribution in [2.75, 3.05) is 20.3 Å². The van der Waals surface area contributed by atoms with Crippen LogP contribution >= 0.6 is 0 Å². The van der Waals surface area contributed by atoms with Crippen LogP contribution in [0.2, 0.25) is 0 Å². The molecule has 1 saturated carbocycles. The molecule has 1 aliphatic rings. The number of rotatable bonds is 13. The molecule has 1 fully saturated rings. The number of hydrogen-bond donors (Lipinski definition) is 1. The van der Waals surface area contributed by atoms with Gasteiger partial charge in [0.2, 0.25) is 0 Å². The Morgan fingerprint density at radius 3 is 2.38 bits per heavy atom. The number of carbonyl (C=O) groups excluding carboxylic acids is 1. The maximum Gasteiger partial charge on any atom is 0.325 e. The van der Waals surface area contributed by atoms with Gasteiger partial charge in [-0.1, -0.05) is 26.2 Å². The largest absolute Gasteiger partial charge is 0.468 e. The van der Waals surface area contributed by atoms with Crippen LogP contribution in [-0.2, 0) is 14.3 Å². The minimum absolute atomic E-state index is 0.144. The van der Waals surface area contributed by atoms with E-state index >= 15 is 0 Å². The van der Waals surface area contributed by atoms with Crippen LogP contribution in [0.25, 0.3) is 0 Å². The molecule has 1 N–H and O–H groups in total. The van der Waals surface area contributed by atoms with E-state index in [-0.39, 0.29) is 5.97 Å². The molecule has 0 aromatic heterocycles. The number of hydrogen-bond acceptors (Lipinski definition) is 4. The molecule has 0 radical (unpaired) electrons. The molecule has 0 bridgehead atoms. The predicted octanol–water partition coefficient (Wildman–Crippen LogP) is 3.44. The second-order valence-corrected chi connectivity index (χ2v) is 6.37. The maximum absolute atomic E-state index is 11.9. The van der Waals surface area contributed by atoms with Crippen LogP contribution in [0.5, 0.6) is 0 Å². The van der Waals surface area contributed by atoms with Crippen LogP contribution in [-0.4, -0.2) is 37.9 Å². The SMILES string of the molecule is CCCCCCOCCCCC(C)(NC1CC1)C(=O)OC. The molecule has 0 saturated heterocycles. The summed E-state index contributed by atoms with van der Waals surface area (Å²) in [5.41, 5.74) is -0.531. The smallest absolute Gasteiger partial charge is 0.325 e. The summed E-state index contributed by atoms with van der Waals surface area (Å²) in [5, 5.41) is 3.43. The highest BCUT2D eigenvalue weighted by atomic mass is 16.5. The summed E-state index contributed by atoms with van der Waals surface area (Å²) in [6.45, 7) is 5.85. The Bertz CT molecular complexity index is 292. The van der Waals surface area contributed by atoms with E-state index in [1.807, 2.05) is 6.92 Å². The third kappa shape index (κ3) is 7.82. The van der Waals surface area contributed by atoms with Gasteiger partial charge in [-0.3, -0.25) is 10.1 Å². The van der Waals surface area contributed by atoms with Gasteiger partial charge in [0, 0.05) is 19.3 Å². The molecule has 124 valence electrons. The van der Waals surface area contributed by atoms with Crippen LogP contribution in [0.15, 0.2) is 0 Å². The van der Waals surface area contributed by atoms with E-state index in [9.17, 15) is 4.79 Å². The quantitative estimate of drug-likeness (QED) is 0.418. The highest BCUT2D eigenvalue weighted by Gasteiger charge is 2.38. The Morgan fingerprint density at radius 1 is 1.14 bits per heavy atom. The molecule has 21 heavy (non-hydrogen) atoms. The van der Waals surface area contributed by atoms with E-state index in [4.69, 9.17) is 9.47 Å². The minimum Gasteiger partial charge on any atom is -0.468 e. The zero-order valence-electron chi connectivity index (χ0n) is 14.1. The Labute approximate surface area is 130 Å². The summed E-state index contributed by atoms with van der Waals surface area (Å²) in [7, 11) is 1.47. The molecule has 0 aromatic carbocycles. The van der Waals surface area contributed by atoms with E-state index in [1.54, 1.807) is 0 Å². The lowest BCUT2D eigenvalue weighted by Gasteiger charge is -2.28. The van der Waals surface area contributed by atoms with E-state index in [0.29, 0.717) is 6.04 Å². The normalized spacial score (nSPS) is 17.5. The van der Waals surface area contributed by atoms with Gasteiger partial charge >= 0.3 is 5.97 Å². The van der Waals surface area contributed by atoms with Gasteiger partial charge in [-0.2, -0.15) is 0 Å². The Hall–Kier alpha value is -0.610. The van der Waals surface area contributed by atoms with Crippen molar-refractivity contribution in [3.05, 3.63) is 0 Å². The van der Waals surface area contributed by atoms with Gasteiger partial charge in [-0.25, -0.2) is 0 Å². The van der Waals surface area contributed by atoms with Gasteiger partial charge in [0.05, 0.1) is 7.11 Å². The zero-order valence-corrected chi connectivity index (χ0v) is 14.1. The van der Waals surface area contributed by atoms with E-state index in [2.05, 4.69) is 12.2 Å². The fraction of sp³-hybridized carbons (Fsp3) is 0.941. The van der Waals surface area contributed by atoms with Crippen molar-refractivity contribution in [1.29, 1.82) is 0 Å². The summed E-state index contributed by atoms with van der Waals surface area (Å²) in [4.78, 5) is 11.9. The van der Waals surface area contributed by atoms with Gasteiger partial charge in [0.15, 0.2) is 0 Å². The van der Waals surface area contributed by atoms with Crippen LogP contribution in [0.1, 0.15) is 71.6 Å². The lowest BCUT2D eigenvalue weighted by Crippen LogP contribution is -2.51. The van der Waals surface area contributed by atoms with Crippen LogP contribution in [0.3, 0.4) is 0 Å². The number of ether oxygens (including phenoxy) is 2. The Morgan fingerprint density at radius 2 is 1.81 bits per heavy atom. The minimum atomic E-state index is -0.531. The van der Waals surface area contributed by atoms with Crippen LogP contribution in [0.4, 0.5) is 0 Å². The third-order valence-corrected chi connectivity index (χ3v) is 4.09. The lowest BCUT2D eigenvalue weighted by molar-refractivity contribution is -0.148. The van der Waals surface area contributed by atoms with Crippen molar-refractivity contribution in [1.82, 2.24) is 5.32 Å². The number of carbonyl (C=O) groups is 1. The zero-order chi connectivity index (χ0) is 15.6. The molecule has 0 amide bonds. The fourth-order valence-corrected chi connectivity index (χ4v) is 2.55. The third-order valence-electron chi connectivity index (χ3n) is 4.09. The second kappa shape index (κ2) is 10.2. The molecule has 0 aliphatic heterocycles. The highest BCUT2D eigenvalue weighted by Crippen LogP contribution is 2.26. The van der Waals surface area contributed by atoms with Crippen molar-refractivity contribution < 1.29 is 14.3 Å². The summed E-state index contributed by atoms with van der Waals surface area (Å²) >= 11 is 0. The molecule has 1 aliphatic carbocycles. The average Bonchev–Trinajstić information content (AvgIpc) is 3.28. The van der Waals surface area contributed by atoms with Crippen molar-refractivity contribution in [2.45, 2.75) is 83.2 Å². The number of esters is 1. The fourth-order valence-electron chi connectivity index (χ4n) is 2.55. The monoisotopic (exact) mass is 299 g/mol. The van der Waals surface area contributed by atoms with Crippen molar-refractivity contribution >= 4 is 5.97 Å². The standard InChI is InChI=1S/C17H33NO3/c1-4-5-6-8-13-21-14-9-7-12-17(2,16(19)20-3)18-15-10-11-15/h15,18H,4-14H2,1-3H3. The molecule has 0 aromatic rings. The predicted molar refractivity (Wildman–Crippen MR) is 85.4 cm³/mol. The first-order valence-electron chi connectivity index (χ1n) is 8.56. The van der Waals surface area contributed by atoms with Crippen molar-refractivity contribution in [2.24, 2.45) is 0 Å². The molecule has 1 atom stereocenters. The molecule has 4 nitrogen and oxygen atoms in total. The van der Waals surface area contributed by atoms with Crippen molar-refractivity contribution in [3.8, 4) is 0 Å². The Balaban J connectivity index is 2.08. The first-order valence-corrected chi connectivity index (χ1v) is 8.56. The van der Waals surface area contributed by atoms with Crippen LogP contribution < -0.4 is 5.32 Å². The van der Waals surface area contributed by atoms with Gasteiger partial charge < -0.3 is 9.47 Å². The van der Waals surface area contributed by atoms with Gasteiger partial charge in [0.25, 0.3) is 0 Å². The number of methoxy groups -OCH3 is 1. The maximum atomic E-state index is 11.9. The van der Waals surface area contributed by atoms with Gasteiger partial charge in [-0.05, 0) is 45.4 Å². The molecule has 0 heterocycles. The van der Waals surface area contributed by atoms with E-state index in [1.165, 1.54) is 39.2 Å². The first kappa shape index (κ1) is 18.4. The summed E-state index contributed by atoms with van der Waals surface area (Å²) in [6.07, 6.45) is 10.1. The number of unbranched alkanes of at least 4 members (excludes halogenated alkanes) is 4. The van der Waals surface area contributed by atoms with Crippen molar-refractivity contribution in [3.63, 3.8) is 0 Å².